The number of aromatic amines is 1. The largest absolute Gasteiger partial charge is 0.291 e. The van der Waals surface area contributed by atoms with E-state index in [2.05, 4.69) is 20.5 Å². The Kier molecular flexibility index (Phi) is 5.13. The van der Waals surface area contributed by atoms with Gasteiger partial charge in [-0.05, 0) is 55.0 Å². The van der Waals surface area contributed by atoms with Crippen molar-refractivity contribution in [3.63, 3.8) is 0 Å². The predicted molar refractivity (Wildman–Crippen MR) is 114 cm³/mol. The van der Waals surface area contributed by atoms with Crippen molar-refractivity contribution in [1.82, 2.24) is 15.2 Å². The minimum absolute atomic E-state index is 0.202. The topological polar surface area (TPSA) is 108 Å². The van der Waals surface area contributed by atoms with Crippen molar-refractivity contribution in [3.05, 3.63) is 64.2 Å². The molecule has 3 amide bonds. The number of rotatable bonds is 5. The van der Waals surface area contributed by atoms with Gasteiger partial charge in [0, 0.05) is 5.56 Å². The molecule has 1 aliphatic rings. The molecule has 0 aliphatic carbocycles. The van der Waals surface area contributed by atoms with Crippen LogP contribution < -0.4 is 10.2 Å². The smallest absolute Gasteiger partial charge is 0.266 e. The van der Waals surface area contributed by atoms with Crippen LogP contribution in [-0.2, 0) is 0 Å². The number of hydrogen-bond donors (Lipinski definition) is 2. The first-order valence-corrected chi connectivity index (χ1v) is 10.3. The lowest BCUT2D eigenvalue weighted by molar-refractivity contribution is 0.0925. The fourth-order valence-electron chi connectivity index (χ4n) is 3.25. The van der Waals surface area contributed by atoms with Crippen molar-refractivity contribution in [3.8, 4) is 0 Å². The van der Waals surface area contributed by atoms with Crippen LogP contribution in [-0.4, -0.2) is 38.7 Å². The van der Waals surface area contributed by atoms with Crippen molar-refractivity contribution in [2.75, 3.05) is 16.0 Å². The van der Waals surface area contributed by atoms with Gasteiger partial charge >= 0.3 is 0 Å². The van der Waals surface area contributed by atoms with E-state index in [0.29, 0.717) is 10.8 Å². The van der Waals surface area contributed by atoms with Crippen molar-refractivity contribution in [2.45, 2.75) is 25.9 Å². The fraction of sp³-hybridized carbons (Fsp3) is 0.190. The molecule has 2 aromatic carbocycles. The second kappa shape index (κ2) is 7.75. The van der Waals surface area contributed by atoms with Gasteiger partial charge in [0.05, 0.1) is 16.8 Å². The molecular weight excluding hydrogens is 402 g/mol. The first kappa shape index (κ1) is 19.8. The number of carbonyl (C=O) groups excluding carboxylic acids is 3. The lowest BCUT2D eigenvalue weighted by atomic mass is 10.1. The second-order valence-electron chi connectivity index (χ2n) is 6.78. The monoisotopic (exact) mass is 421 g/mol. The molecule has 3 aromatic rings. The standard InChI is InChI=1S/C21H19N5O3S/c1-4-30-21-23-20(24-25-21)22-17(27)13-8-9-14-15(10-13)19(29)26(18(14)28)16-7-5-6-11(2)12(16)3/h5-10H,4H2,1-3H3,(H2,22,23,24,25,27). The summed E-state index contributed by atoms with van der Waals surface area (Å²) in [7, 11) is 0. The highest BCUT2D eigenvalue weighted by molar-refractivity contribution is 7.99. The molecule has 1 aliphatic heterocycles. The van der Waals surface area contributed by atoms with Crippen LogP contribution in [0.2, 0.25) is 0 Å². The van der Waals surface area contributed by atoms with Crippen LogP contribution in [0.1, 0.15) is 49.1 Å². The lowest BCUT2D eigenvalue weighted by Crippen LogP contribution is -2.30. The summed E-state index contributed by atoms with van der Waals surface area (Å²) < 4.78 is 0. The van der Waals surface area contributed by atoms with Crippen molar-refractivity contribution in [1.29, 1.82) is 0 Å². The Morgan fingerprint density at radius 1 is 1.13 bits per heavy atom. The zero-order valence-corrected chi connectivity index (χ0v) is 17.5. The average molecular weight is 421 g/mol. The highest BCUT2D eigenvalue weighted by atomic mass is 32.2. The van der Waals surface area contributed by atoms with E-state index in [1.807, 2.05) is 32.9 Å². The Hall–Kier alpha value is -3.46. The number of nitrogens with zero attached hydrogens (tertiary/aromatic N) is 3. The number of anilines is 2. The van der Waals surface area contributed by atoms with Gasteiger partial charge in [0.25, 0.3) is 17.7 Å². The summed E-state index contributed by atoms with van der Waals surface area (Å²) >= 11 is 1.44. The summed E-state index contributed by atoms with van der Waals surface area (Å²) in [6.07, 6.45) is 0. The summed E-state index contributed by atoms with van der Waals surface area (Å²) in [6, 6.07) is 9.94. The van der Waals surface area contributed by atoms with E-state index in [0.717, 1.165) is 16.9 Å². The number of imide groups is 1. The molecule has 0 fully saturated rings. The normalized spacial score (nSPS) is 13.0. The maximum Gasteiger partial charge on any atom is 0.266 e. The van der Waals surface area contributed by atoms with E-state index in [1.165, 1.54) is 34.9 Å². The Labute approximate surface area is 177 Å². The molecule has 9 heteroatoms. The summed E-state index contributed by atoms with van der Waals surface area (Å²) in [6.45, 7) is 5.77. The number of hydrogen-bond acceptors (Lipinski definition) is 6. The molecule has 2 heterocycles. The number of H-pyrrole nitrogens is 1. The highest BCUT2D eigenvalue weighted by Crippen LogP contribution is 2.32. The van der Waals surface area contributed by atoms with Crippen LogP contribution in [0.3, 0.4) is 0 Å². The highest BCUT2D eigenvalue weighted by Gasteiger charge is 2.38. The van der Waals surface area contributed by atoms with Gasteiger partial charge in [0.15, 0.2) is 0 Å². The maximum atomic E-state index is 13.0. The Balaban J connectivity index is 1.61. The van der Waals surface area contributed by atoms with Crippen molar-refractivity contribution in [2.24, 2.45) is 0 Å². The van der Waals surface area contributed by atoms with Gasteiger partial charge in [-0.3, -0.25) is 19.7 Å². The quantitative estimate of drug-likeness (QED) is 0.481. The number of fused-ring (bicyclic) bond motifs is 1. The summed E-state index contributed by atoms with van der Waals surface area (Å²) in [5.41, 5.74) is 3.12. The predicted octanol–water partition coefficient (Wildman–Crippen LogP) is 3.59. The van der Waals surface area contributed by atoms with Gasteiger partial charge in [-0.25, -0.2) is 10.00 Å². The molecule has 0 atom stereocenters. The van der Waals surface area contributed by atoms with Gasteiger partial charge in [-0.15, -0.1) is 5.10 Å². The van der Waals surface area contributed by atoms with Gasteiger partial charge in [-0.2, -0.15) is 4.98 Å². The Morgan fingerprint density at radius 3 is 2.67 bits per heavy atom. The molecule has 0 unspecified atom stereocenters. The number of amides is 3. The molecular formula is C21H19N5O3S. The number of nitrogens with one attached hydrogen (secondary N) is 2. The average Bonchev–Trinajstić information content (AvgIpc) is 3.27. The molecule has 0 saturated heterocycles. The fourth-order valence-corrected chi connectivity index (χ4v) is 3.78. The second-order valence-corrected chi connectivity index (χ2v) is 8.01. The van der Waals surface area contributed by atoms with Gasteiger partial charge in [-0.1, -0.05) is 30.8 Å². The lowest BCUT2D eigenvalue weighted by Gasteiger charge is -2.17. The molecule has 2 N–H and O–H groups in total. The summed E-state index contributed by atoms with van der Waals surface area (Å²) in [4.78, 5) is 43.8. The first-order valence-electron chi connectivity index (χ1n) is 9.36. The van der Waals surface area contributed by atoms with Crippen LogP contribution in [0.15, 0.2) is 41.6 Å². The molecule has 8 nitrogen and oxygen atoms in total. The van der Waals surface area contributed by atoms with E-state index < -0.39 is 17.7 Å². The number of benzene rings is 2. The Bertz CT molecular complexity index is 1190. The number of thioether (sulfide) groups is 1. The van der Waals surface area contributed by atoms with Crippen LogP contribution >= 0.6 is 11.8 Å². The van der Waals surface area contributed by atoms with Gasteiger partial charge in [0.1, 0.15) is 0 Å². The molecule has 152 valence electrons. The third-order valence-electron chi connectivity index (χ3n) is 4.94. The molecule has 0 bridgehead atoms. The summed E-state index contributed by atoms with van der Waals surface area (Å²) in [5, 5.41) is 9.81. The third-order valence-corrected chi connectivity index (χ3v) is 5.67. The van der Waals surface area contributed by atoms with E-state index in [9.17, 15) is 14.4 Å². The van der Waals surface area contributed by atoms with E-state index >= 15 is 0 Å². The molecule has 0 saturated carbocycles. The minimum Gasteiger partial charge on any atom is -0.291 e. The minimum atomic E-state index is -0.451. The molecule has 30 heavy (non-hydrogen) atoms. The van der Waals surface area contributed by atoms with E-state index in [1.54, 1.807) is 6.07 Å². The summed E-state index contributed by atoms with van der Waals surface area (Å²) in [5.74, 6) is -0.265. The van der Waals surface area contributed by atoms with E-state index in [4.69, 9.17) is 0 Å². The number of aromatic nitrogens is 3. The van der Waals surface area contributed by atoms with Crippen molar-refractivity contribution >= 4 is 41.1 Å². The van der Waals surface area contributed by atoms with Crippen LogP contribution in [0.5, 0.6) is 0 Å². The van der Waals surface area contributed by atoms with Crippen LogP contribution in [0, 0.1) is 13.8 Å². The van der Waals surface area contributed by atoms with Gasteiger partial charge in [0.2, 0.25) is 11.1 Å². The van der Waals surface area contributed by atoms with Crippen LogP contribution in [0.25, 0.3) is 0 Å². The molecule has 0 radical (unpaired) electrons. The number of aryl methyl sites for hydroxylation is 1. The molecule has 4 rings (SSSR count). The van der Waals surface area contributed by atoms with Crippen LogP contribution in [0.4, 0.5) is 11.6 Å². The Morgan fingerprint density at radius 2 is 1.90 bits per heavy atom. The van der Waals surface area contributed by atoms with E-state index in [-0.39, 0.29) is 22.6 Å². The van der Waals surface area contributed by atoms with Gasteiger partial charge < -0.3 is 0 Å². The maximum absolute atomic E-state index is 13.0. The zero-order chi connectivity index (χ0) is 21.4. The van der Waals surface area contributed by atoms with Crippen molar-refractivity contribution < 1.29 is 14.4 Å². The molecule has 1 aromatic heterocycles. The molecule has 0 spiro atoms. The SMILES string of the molecule is CCSc1n[nH]c(NC(=O)c2ccc3c(c2)C(=O)N(c2cccc(C)c2C)C3=O)n1. The third kappa shape index (κ3) is 3.37. The first-order chi connectivity index (χ1) is 14.4. The number of carbonyl (C=O) groups is 3. The zero-order valence-electron chi connectivity index (χ0n) is 16.6.